The van der Waals surface area contributed by atoms with E-state index < -0.39 is 0 Å². The van der Waals surface area contributed by atoms with E-state index in [0.29, 0.717) is 12.5 Å². The van der Waals surface area contributed by atoms with Crippen molar-refractivity contribution in [3.63, 3.8) is 0 Å². The lowest BCUT2D eigenvalue weighted by Crippen LogP contribution is -2.43. The largest absolute Gasteiger partial charge is 0.450 e. The van der Waals surface area contributed by atoms with Crippen molar-refractivity contribution in [2.45, 2.75) is 45.1 Å². The molecule has 0 radical (unpaired) electrons. The summed E-state index contributed by atoms with van der Waals surface area (Å²) in [7, 11) is 0. The second-order valence-corrected chi connectivity index (χ2v) is 8.32. The SMILES string of the molecule is CCOC(=O)N1CCC(CN2CC[C@H](N3C(=O)C(C)c4ccccc43)C2)CC1. The van der Waals surface area contributed by atoms with E-state index in [1.807, 2.05) is 30.9 Å². The van der Waals surface area contributed by atoms with Gasteiger partial charge in [-0.15, -0.1) is 0 Å². The van der Waals surface area contributed by atoms with Gasteiger partial charge in [0.1, 0.15) is 0 Å². The number of rotatable bonds is 4. The molecule has 1 unspecified atom stereocenters. The molecule has 1 aromatic rings. The third-order valence-electron chi connectivity index (χ3n) is 6.54. The maximum atomic E-state index is 12.9. The van der Waals surface area contributed by atoms with Crippen molar-refractivity contribution in [1.29, 1.82) is 0 Å². The molecule has 0 aromatic heterocycles. The molecule has 6 nitrogen and oxygen atoms in total. The van der Waals surface area contributed by atoms with Gasteiger partial charge >= 0.3 is 6.09 Å². The Hall–Kier alpha value is -2.08. The van der Waals surface area contributed by atoms with Gasteiger partial charge in [-0.1, -0.05) is 18.2 Å². The Labute approximate surface area is 167 Å². The second kappa shape index (κ2) is 8.11. The molecule has 3 aliphatic rings. The van der Waals surface area contributed by atoms with Crippen LogP contribution in [0.1, 0.15) is 44.6 Å². The molecule has 0 saturated carbocycles. The molecular formula is C22H31N3O3. The lowest BCUT2D eigenvalue weighted by Gasteiger charge is -2.33. The van der Waals surface area contributed by atoms with Gasteiger partial charge in [0.05, 0.1) is 18.6 Å². The fourth-order valence-electron chi connectivity index (χ4n) is 4.98. The van der Waals surface area contributed by atoms with Crippen molar-refractivity contribution in [2.75, 3.05) is 44.2 Å². The zero-order chi connectivity index (χ0) is 19.7. The topological polar surface area (TPSA) is 53.1 Å². The monoisotopic (exact) mass is 385 g/mol. The zero-order valence-corrected chi connectivity index (χ0v) is 17.0. The van der Waals surface area contributed by atoms with E-state index in [1.54, 1.807) is 0 Å². The third-order valence-corrected chi connectivity index (χ3v) is 6.54. The van der Waals surface area contributed by atoms with Crippen molar-refractivity contribution in [1.82, 2.24) is 9.80 Å². The predicted molar refractivity (Wildman–Crippen MR) is 109 cm³/mol. The van der Waals surface area contributed by atoms with Crippen LogP contribution in [-0.2, 0) is 9.53 Å². The average molecular weight is 386 g/mol. The molecular weight excluding hydrogens is 354 g/mol. The van der Waals surface area contributed by atoms with E-state index >= 15 is 0 Å². The van der Waals surface area contributed by atoms with Crippen molar-refractivity contribution in [3.05, 3.63) is 29.8 Å². The summed E-state index contributed by atoms with van der Waals surface area (Å²) in [6, 6.07) is 8.50. The summed E-state index contributed by atoms with van der Waals surface area (Å²) in [6.07, 6.45) is 2.92. The summed E-state index contributed by atoms with van der Waals surface area (Å²) >= 11 is 0. The molecule has 3 aliphatic heterocycles. The second-order valence-electron chi connectivity index (χ2n) is 8.32. The van der Waals surface area contributed by atoms with E-state index in [9.17, 15) is 9.59 Å². The minimum Gasteiger partial charge on any atom is -0.450 e. The maximum absolute atomic E-state index is 12.9. The van der Waals surface area contributed by atoms with E-state index in [0.717, 1.165) is 63.2 Å². The Morgan fingerprint density at radius 3 is 2.64 bits per heavy atom. The van der Waals surface area contributed by atoms with Crippen molar-refractivity contribution in [2.24, 2.45) is 5.92 Å². The number of piperidine rings is 1. The Balaban J connectivity index is 1.31. The standard InChI is InChI=1S/C22H31N3O3/c1-3-28-22(27)24-12-8-17(9-13-24)14-23-11-10-18(15-23)25-20-7-5-4-6-19(20)16(2)21(25)26/h4-7,16-18H,3,8-15H2,1-2H3/t16?,18-/m0/s1. The summed E-state index contributed by atoms with van der Waals surface area (Å²) in [5.74, 6) is 0.832. The highest BCUT2D eigenvalue weighted by atomic mass is 16.6. The molecule has 4 rings (SSSR count). The van der Waals surface area contributed by atoms with Crippen LogP contribution >= 0.6 is 0 Å². The number of fused-ring (bicyclic) bond motifs is 1. The minimum atomic E-state index is -0.178. The molecule has 0 aliphatic carbocycles. The van der Waals surface area contributed by atoms with Gasteiger partial charge in [-0.2, -0.15) is 0 Å². The van der Waals surface area contributed by atoms with E-state index in [4.69, 9.17) is 4.74 Å². The molecule has 0 bridgehead atoms. The van der Waals surface area contributed by atoms with Crippen LogP contribution in [0.3, 0.4) is 0 Å². The molecule has 28 heavy (non-hydrogen) atoms. The highest BCUT2D eigenvalue weighted by Gasteiger charge is 2.40. The summed E-state index contributed by atoms with van der Waals surface area (Å²) in [5, 5.41) is 0. The molecule has 2 fully saturated rings. The lowest BCUT2D eigenvalue weighted by molar-refractivity contribution is -0.119. The minimum absolute atomic E-state index is 0.0301. The number of para-hydroxylation sites is 1. The van der Waals surface area contributed by atoms with Crippen LogP contribution in [0.5, 0.6) is 0 Å². The van der Waals surface area contributed by atoms with Crippen LogP contribution in [0.15, 0.2) is 24.3 Å². The number of benzene rings is 1. The third kappa shape index (κ3) is 3.62. The number of hydrogen-bond acceptors (Lipinski definition) is 4. The van der Waals surface area contributed by atoms with Gasteiger partial charge in [0.15, 0.2) is 0 Å². The van der Waals surface area contributed by atoms with Crippen LogP contribution in [0.4, 0.5) is 10.5 Å². The first-order chi connectivity index (χ1) is 13.6. The Bertz CT molecular complexity index is 729. The molecule has 152 valence electrons. The Morgan fingerprint density at radius 1 is 1.14 bits per heavy atom. The highest BCUT2D eigenvalue weighted by Crippen LogP contribution is 2.39. The number of hydrogen-bond donors (Lipinski definition) is 0. The quantitative estimate of drug-likeness (QED) is 0.799. The number of likely N-dealkylation sites (tertiary alicyclic amines) is 2. The van der Waals surface area contributed by atoms with Gasteiger partial charge < -0.3 is 19.4 Å². The Morgan fingerprint density at radius 2 is 1.89 bits per heavy atom. The molecule has 0 spiro atoms. The number of ether oxygens (including phenoxy) is 1. The van der Waals surface area contributed by atoms with Gasteiger partial charge in [0, 0.05) is 38.4 Å². The molecule has 3 heterocycles. The van der Waals surface area contributed by atoms with Crippen molar-refractivity contribution < 1.29 is 14.3 Å². The molecule has 1 aromatic carbocycles. The molecule has 2 amide bonds. The fraction of sp³-hybridized carbons (Fsp3) is 0.636. The van der Waals surface area contributed by atoms with E-state index in [2.05, 4.69) is 21.9 Å². The lowest BCUT2D eigenvalue weighted by atomic mass is 9.96. The van der Waals surface area contributed by atoms with E-state index in [-0.39, 0.29) is 24.0 Å². The number of carbonyl (C=O) groups excluding carboxylic acids is 2. The normalized spacial score (nSPS) is 26.0. The number of amides is 2. The smallest absolute Gasteiger partial charge is 0.409 e. The van der Waals surface area contributed by atoms with E-state index in [1.165, 1.54) is 0 Å². The number of anilines is 1. The van der Waals surface area contributed by atoms with Crippen LogP contribution < -0.4 is 4.90 Å². The first-order valence-electron chi connectivity index (χ1n) is 10.6. The van der Waals surface area contributed by atoms with Crippen molar-refractivity contribution >= 4 is 17.7 Å². The van der Waals surface area contributed by atoms with Gasteiger partial charge in [-0.05, 0) is 50.7 Å². The average Bonchev–Trinajstić information content (AvgIpc) is 3.25. The van der Waals surface area contributed by atoms with Crippen LogP contribution in [0, 0.1) is 5.92 Å². The van der Waals surface area contributed by atoms with Gasteiger partial charge in [0.2, 0.25) is 5.91 Å². The van der Waals surface area contributed by atoms with Crippen LogP contribution in [0.25, 0.3) is 0 Å². The number of nitrogens with zero attached hydrogens (tertiary/aromatic N) is 3. The van der Waals surface area contributed by atoms with Crippen LogP contribution in [-0.4, -0.2) is 67.2 Å². The highest BCUT2D eigenvalue weighted by molar-refractivity contribution is 6.05. The summed E-state index contributed by atoms with van der Waals surface area (Å²) in [5.41, 5.74) is 2.27. The first kappa shape index (κ1) is 19.2. The van der Waals surface area contributed by atoms with Gasteiger partial charge in [-0.3, -0.25) is 4.79 Å². The molecule has 2 atom stereocenters. The first-order valence-corrected chi connectivity index (χ1v) is 10.6. The van der Waals surface area contributed by atoms with Gasteiger partial charge in [-0.25, -0.2) is 4.79 Å². The predicted octanol–water partition coefficient (Wildman–Crippen LogP) is 3.08. The molecule has 0 N–H and O–H groups in total. The maximum Gasteiger partial charge on any atom is 0.409 e. The van der Waals surface area contributed by atoms with Crippen LogP contribution in [0.2, 0.25) is 0 Å². The Kier molecular flexibility index (Phi) is 5.58. The fourth-order valence-corrected chi connectivity index (χ4v) is 4.98. The molecule has 2 saturated heterocycles. The zero-order valence-electron chi connectivity index (χ0n) is 17.0. The van der Waals surface area contributed by atoms with Gasteiger partial charge in [0.25, 0.3) is 0 Å². The summed E-state index contributed by atoms with van der Waals surface area (Å²) in [6.45, 7) is 8.93. The summed E-state index contributed by atoms with van der Waals surface area (Å²) < 4.78 is 5.11. The summed E-state index contributed by atoms with van der Waals surface area (Å²) in [4.78, 5) is 31.1. The van der Waals surface area contributed by atoms with Crippen molar-refractivity contribution in [3.8, 4) is 0 Å². The number of carbonyl (C=O) groups is 2. The molecule has 6 heteroatoms.